The van der Waals surface area contributed by atoms with Gasteiger partial charge in [-0.15, -0.1) is 0 Å². The molecule has 1 aromatic carbocycles. The molecule has 8 nitrogen and oxygen atoms in total. The maximum absolute atomic E-state index is 12.7. The number of aromatic hydroxyl groups is 1. The number of benzene rings is 1. The molecule has 0 aromatic heterocycles. The Morgan fingerprint density at radius 2 is 1.96 bits per heavy atom. The van der Waals surface area contributed by atoms with Crippen molar-refractivity contribution >= 4 is 27.5 Å². The molecule has 25 heavy (non-hydrogen) atoms. The van der Waals surface area contributed by atoms with Crippen molar-refractivity contribution in [3.63, 3.8) is 0 Å². The van der Waals surface area contributed by atoms with Gasteiger partial charge in [-0.25, -0.2) is 12.7 Å². The van der Waals surface area contributed by atoms with Crippen LogP contribution in [0.3, 0.4) is 0 Å². The molecule has 0 aliphatic carbocycles. The fourth-order valence-electron chi connectivity index (χ4n) is 2.58. The van der Waals surface area contributed by atoms with Gasteiger partial charge in [0.2, 0.25) is 15.9 Å². The van der Waals surface area contributed by atoms with E-state index in [1.165, 1.54) is 27.4 Å². The lowest BCUT2D eigenvalue weighted by molar-refractivity contribution is -0.111. The lowest BCUT2D eigenvalue weighted by Gasteiger charge is -2.21. The predicted octanol–water partition coefficient (Wildman–Crippen LogP) is 0.624. The number of nitrogens with one attached hydrogen (secondary N) is 1. The van der Waals surface area contributed by atoms with Gasteiger partial charge in [0.25, 0.3) is 5.91 Å². The summed E-state index contributed by atoms with van der Waals surface area (Å²) in [6.07, 6.45) is 2.75. The second-order valence-electron chi connectivity index (χ2n) is 5.73. The molecule has 0 spiro atoms. The molecule has 1 heterocycles. The molecule has 2 N–H and O–H groups in total. The van der Waals surface area contributed by atoms with E-state index in [9.17, 15) is 23.1 Å². The molecule has 9 heteroatoms. The molecule has 1 aliphatic heterocycles. The lowest BCUT2D eigenvalue weighted by atomic mass is 10.1. The second kappa shape index (κ2) is 7.66. The molecule has 1 aliphatic rings. The van der Waals surface area contributed by atoms with Crippen molar-refractivity contribution in [2.45, 2.75) is 6.42 Å². The molecule has 0 unspecified atom stereocenters. The molecule has 1 saturated heterocycles. The molecular formula is C16H21N3O5S. The van der Waals surface area contributed by atoms with Gasteiger partial charge in [-0.05, 0) is 30.7 Å². The SMILES string of the molecule is C=CC(=O)Nc1ccc(O)c(C(=O)N2CCCN(S(C)(=O)=O)CC2)c1. The number of amides is 2. The van der Waals surface area contributed by atoms with E-state index in [2.05, 4.69) is 11.9 Å². The average molecular weight is 367 g/mol. The van der Waals surface area contributed by atoms with Gasteiger partial charge in [0, 0.05) is 31.9 Å². The summed E-state index contributed by atoms with van der Waals surface area (Å²) >= 11 is 0. The van der Waals surface area contributed by atoms with Gasteiger partial charge in [0.05, 0.1) is 11.8 Å². The second-order valence-corrected chi connectivity index (χ2v) is 7.72. The van der Waals surface area contributed by atoms with Gasteiger partial charge in [-0.1, -0.05) is 6.58 Å². The maximum atomic E-state index is 12.7. The summed E-state index contributed by atoms with van der Waals surface area (Å²) in [6.45, 7) is 4.52. The zero-order chi connectivity index (χ0) is 18.6. The van der Waals surface area contributed by atoms with E-state index in [0.717, 1.165) is 12.3 Å². The van der Waals surface area contributed by atoms with Crippen molar-refractivity contribution < 1.29 is 23.1 Å². The molecule has 136 valence electrons. The smallest absolute Gasteiger partial charge is 0.257 e. The summed E-state index contributed by atoms with van der Waals surface area (Å²) in [6, 6.07) is 4.19. The molecule has 1 aromatic rings. The Morgan fingerprint density at radius 3 is 2.60 bits per heavy atom. The zero-order valence-corrected chi connectivity index (χ0v) is 14.8. The van der Waals surface area contributed by atoms with E-state index in [1.54, 1.807) is 0 Å². The highest BCUT2D eigenvalue weighted by Crippen LogP contribution is 2.24. The van der Waals surface area contributed by atoms with Crippen molar-refractivity contribution in [1.82, 2.24) is 9.21 Å². The number of carbonyl (C=O) groups is 2. The number of nitrogens with zero attached hydrogens (tertiary/aromatic N) is 2. The number of phenols is 1. The van der Waals surface area contributed by atoms with Crippen molar-refractivity contribution in [1.29, 1.82) is 0 Å². The maximum Gasteiger partial charge on any atom is 0.257 e. The van der Waals surface area contributed by atoms with Gasteiger partial charge in [0.1, 0.15) is 5.75 Å². The molecule has 1 fully saturated rings. The van der Waals surface area contributed by atoms with E-state index < -0.39 is 21.8 Å². The number of hydrogen-bond donors (Lipinski definition) is 2. The number of rotatable bonds is 4. The monoisotopic (exact) mass is 367 g/mol. The summed E-state index contributed by atoms with van der Waals surface area (Å²) < 4.78 is 24.6. The third-order valence-corrected chi connectivity index (χ3v) is 5.19. The molecule has 0 bridgehead atoms. The van der Waals surface area contributed by atoms with Crippen LogP contribution in [0.4, 0.5) is 5.69 Å². The molecule has 0 saturated carbocycles. The van der Waals surface area contributed by atoms with Crippen LogP contribution in [0.15, 0.2) is 30.9 Å². The number of sulfonamides is 1. The van der Waals surface area contributed by atoms with Crippen LogP contribution in [0.1, 0.15) is 16.8 Å². The number of anilines is 1. The van der Waals surface area contributed by atoms with E-state index in [1.807, 2.05) is 0 Å². The summed E-state index contributed by atoms with van der Waals surface area (Å²) in [5.74, 6) is -1.05. The van der Waals surface area contributed by atoms with Gasteiger partial charge in [-0.3, -0.25) is 9.59 Å². The van der Waals surface area contributed by atoms with E-state index in [-0.39, 0.29) is 24.4 Å². The predicted molar refractivity (Wildman–Crippen MR) is 93.9 cm³/mol. The van der Waals surface area contributed by atoms with Gasteiger partial charge in [0.15, 0.2) is 0 Å². The first-order valence-corrected chi connectivity index (χ1v) is 9.58. The average Bonchev–Trinajstić information content (AvgIpc) is 2.81. The van der Waals surface area contributed by atoms with Gasteiger partial charge in [-0.2, -0.15) is 0 Å². The minimum Gasteiger partial charge on any atom is -0.507 e. The van der Waals surface area contributed by atoms with Crippen LogP contribution in [0, 0.1) is 0 Å². The first-order chi connectivity index (χ1) is 11.7. The first kappa shape index (κ1) is 18.9. The summed E-state index contributed by atoms with van der Waals surface area (Å²) in [5, 5.41) is 12.5. The van der Waals surface area contributed by atoms with E-state index in [0.29, 0.717) is 25.2 Å². The Kier molecular flexibility index (Phi) is 5.81. The van der Waals surface area contributed by atoms with E-state index in [4.69, 9.17) is 0 Å². The summed E-state index contributed by atoms with van der Waals surface area (Å²) in [7, 11) is -3.31. The minimum atomic E-state index is -3.31. The number of hydrogen-bond acceptors (Lipinski definition) is 5. The Bertz CT molecular complexity index is 791. The minimum absolute atomic E-state index is 0.0506. The van der Waals surface area contributed by atoms with Gasteiger partial charge >= 0.3 is 0 Å². The highest BCUT2D eigenvalue weighted by atomic mass is 32.2. The van der Waals surface area contributed by atoms with Crippen LogP contribution in [0.2, 0.25) is 0 Å². The fraction of sp³-hybridized carbons (Fsp3) is 0.375. The van der Waals surface area contributed by atoms with Crippen molar-refractivity contribution in [2.24, 2.45) is 0 Å². The van der Waals surface area contributed by atoms with Crippen LogP contribution in [-0.2, 0) is 14.8 Å². The third kappa shape index (κ3) is 4.80. The first-order valence-electron chi connectivity index (χ1n) is 7.73. The van der Waals surface area contributed by atoms with Gasteiger partial charge < -0.3 is 15.3 Å². The summed E-state index contributed by atoms with van der Waals surface area (Å²) in [4.78, 5) is 25.6. The van der Waals surface area contributed by atoms with Crippen LogP contribution in [-0.4, -0.2) is 67.0 Å². The Balaban J connectivity index is 2.18. The highest BCUT2D eigenvalue weighted by Gasteiger charge is 2.25. The molecule has 0 radical (unpaired) electrons. The summed E-state index contributed by atoms with van der Waals surface area (Å²) in [5.41, 5.74) is 0.410. The molecule has 2 rings (SSSR count). The number of carbonyl (C=O) groups excluding carboxylic acids is 2. The van der Waals surface area contributed by atoms with Crippen molar-refractivity contribution in [3.8, 4) is 5.75 Å². The molecule has 2 amide bonds. The molecule has 0 atom stereocenters. The number of phenolic OH excluding ortho intramolecular Hbond substituents is 1. The largest absolute Gasteiger partial charge is 0.507 e. The normalized spacial score (nSPS) is 16.1. The van der Waals surface area contributed by atoms with Crippen molar-refractivity contribution in [2.75, 3.05) is 37.8 Å². The van der Waals surface area contributed by atoms with Crippen LogP contribution in [0.25, 0.3) is 0 Å². The fourth-order valence-corrected chi connectivity index (χ4v) is 3.45. The van der Waals surface area contributed by atoms with Crippen molar-refractivity contribution in [3.05, 3.63) is 36.4 Å². The highest BCUT2D eigenvalue weighted by molar-refractivity contribution is 7.88. The Hall–Kier alpha value is -2.39. The van der Waals surface area contributed by atoms with Crippen LogP contribution < -0.4 is 5.32 Å². The standard InChI is InChI=1S/C16H21N3O5S/c1-3-15(21)17-12-5-6-14(20)13(11-12)16(22)18-7-4-8-19(10-9-18)25(2,23)24/h3,5-6,11,20H,1,4,7-10H2,2H3,(H,17,21). The molecular weight excluding hydrogens is 346 g/mol. The van der Waals surface area contributed by atoms with Crippen LogP contribution in [0.5, 0.6) is 5.75 Å². The Labute approximate surface area is 146 Å². The lowest BCUT2D eigenvalue weighted by Crippen LogP contribution is -2.37. The van der Waals surface area contributed by atoms with E-state index >= 15 is 0 Å². The third-order valence-electron chi connectivity index (χ3n) is 3.89. The zero-order valence-electron chi connectivity index (χ0n) is 13.9. The van der Waals surface area contributed by atoms with Crippen LogP contribution >= 0.6 is 0 Å². The quantitative estimate of drug-likeness (QED) is 0.599. The Morgan fingerprint density at radius 1 is 1.24 bits per heavy atom. The topological polar surface area (TPSA) is 107 Å².